The first-order valence-corrected chi connectivity index (χ1v) is 8.31. The highest BCUT2D eigenvalue weighted by molar-refractivity contribution is 6.26. The van der Waals surface area contributed by atoms with Crippen molar-refractivity contribution < 1.29 is 14.4 Å². The molecule has 6 nitrogen and oxygen atoms in total. The lowest BCUT2D eigenvalue weighted by Gasteiger charge is -2.28. The molecule has 0 saturated heterocycles. The van der Waals surface area contributed by atoms with Gasteiger partial charge in [0.25, 0.3) is 11.8 Å². The molecule has 0 unspecified atom stereocenters. The number of carbonyl (C=O) groups is 3. The van der Waals surface area contributed by atoms with Crippen LogP contribution in [0.1, 0.15) is 20.7 Å². The van der Waals surface area contributed by atoms with E-state index in [1.165, 1.54) is 4.90 Å². The van der Waals surface area contributed by atoms with Crippen molar-refractivity contribution >= 4 is 42.0 Å². The van der Waals surface area contributed by atoms with Gasteiger partial charge in [-0.15, -0.1) is 0 Å². The van der Waals surface area contributed by atoms with Crippen LogP contribution in [0.15, 0.2) is 30.3 Å². The van der Waals surface area contributed by atoms with Crippen molar-refractivity contribution in [1.82, 2.24) is 10.2 Å². The van der Waals surface area contributed by atoms with Crippen molar-refractivity contribution in [2.24, 2.45) is 0 Å². The van der Waals surface area contributed by atoms with Crippen molar-refractivity contribution in [3.63, 3.8) is 0 Å². The van der Waals surface area contributed by atoms with Crippen LogP contribution in [-0.4, -0.2) is 57.7 Å². The van der Waals surface area contributed by atoms with Gasteiger partial charge in [-0.25, -0.2) is 0 Å². The Morgan fingerprint density at radius 3 is 2.44 bits per heavy atom. The highest BCUT2D eigenvalue weighted by atomic mass is 16.2. The number of carbonyl (C=O) groups excluding carboxylic acids is 3. The second-order valence-corrected chi connectivity index (χ2v) is 6.22. The number of hydrogen-bond acceptors (Lipinski definition) is 4. The number of amides is 3. The number of hydrogen-bond donors (Lipinski definition) is 1. The smallest absolute Gasteiger partial charge is 0.261 e. The van der Waals surface area contributed by atoms with Crippen LogP contribution in [-0.2, 0) is 4.79 Å². The Morgan fingerprint density at radius 1 is 1.12 bits per heavy atom. The van der Waals surface area contributed by atoms with E-state index in [0.717, 1.165) is 11.1 Å². The van der Waals surface area contributed by atoms with Gasteiger partial charge in [0.15, 0.2) is 0 Å². The summed E-state index contributed by atoms with van der Waals surface area (Å²) >= 11 is 0. The van der Waals surface area contributed by atoms with Crippen molar-refractivity contribution in [3.05, 3.63) is 41.5 Å². The van der Waals surface area contributed by atoms with Crippen LogP contribution in [0, 0.1) is 0 Å². The van der Waals surface area contributed by atoms with Gasteiger partial charge in [-0.3, -0.25) is 19.3 Å². The molecule has 0 aliphatic carbocycles. The molecule has 0 bridgehead atoms. The molecule has 3 rings (SSSR count). The molecule has 1 heterocycles. The number of nitrogens with zero attached hydrogens (tertiary/aromatic N) is 2. The van der Waals surface area contributed by atoms with Gasteiger partial charge in [0.1, 0.15) is 7.85 Å². The second-order valence-electron chi connectivity index (χ2n) is 6.22. The van der Waals surface area contributed by atoms with Gasteiger partial charge in [-0.2, -0.15) is 0 Å². The lowest BCUT2D eigenvalue weighted by atomic mass is 9.93. The zero-order chi connectivity index (χ0) is 18.1. The van der Waals surface area contributed by atoms with Gasteiger partial charge in [0.05, 0.1) is 0 Å². The van der Waals surface area contributed by atoms with Gasteiger partial charge < -0.3 is 10.2 Å². The van der Waals surface area contributed by atoms with Crippen LogP contribution in [0.3, 0.4) is 0 Å². The van der Waals surface area contributed by atoms with Crippen LogP contribution in [0.2, 0.25) is 6.32 Å². The summed E-state index contributed by atoms with van der Waals surface area (Å²) in [6.45, 7) is 0.417. The predicted octanol–water partition coefficient (Wildman–Crippen LogP) is 0.669. The van der Waals surface area contributed by atoms with Crippen LogP contribution < -0.4 is 10.2 Å². The molecule has 7 heteroatoms. The zero-order valence-electron chi connectivity index (χ0n) is 14.6. The molecule has 0 radical (unpaired) electrons. The standard InChI is InChI=1S/C18H20BN3O3/c1-21(2)14-7-6-13-16-11(14)4-3-5-12(16)17(24)22(18(13)25)9-8-20-15(23)10-19/h3-7H,8-10,19H2,1-2H3,(H,20,23). The average molecular weight is 337 g/mol. The summed E-state index contributed by atoms with van der Waals surface area (Å²) in [5.41, 5.74) is 2.01. The first kappa shape index (κ1) is 17.0. The van der Waals surface area contributed by atoms with E-state index in [9.17, 15) is 14.4 Å². The first-order valence-electron chi connectivity index (χ1n) is 8.31. The SMILES string of the molecule is BCC(=O)NCCN1C(=O)c2cccc3c(N(C)C)ccc(c23)C1=O. The average Bonchev–Trinajstić information content (AvgIpc) is 2.61. The lowest BCUT2D eigenvalue weighted by molar-refractivity contribution is -0.118. The monoisotopic (exact) mass is 337 g/mol. The van der Waals surface area contributed by atoms with Crippen LogP contribution >= 0.6 is 0 Å². The van der Waals surface area contributed by atoms with Gasteiger partial charge in [0.2, 0.25) is 5.91 Å². The molecular formula is C18H20BN3O3. The molecule has 0 fully saturated rings. The number of rotatable bonds is 5. The minimum atomic E-state index is -0.315. The fourth-order valence-corrected chi connectivity index (χ4v) is 3.16. The summed E-state index contributed by atoms with van der Waals surface area (Å²) in [4.78, 5) is 40.2. The molecule has 0 spiro atoms. The summed E-state index contributed by atoms with van der Waals surface area (Å²) in [5, 5.41) is 4.30. The quantitative estimate of drug-likeness (QED) is 0.643. The van der Waals surface area contributed by atoms with Crippen LogP contribution in [0.5, 0.6) is 0 Å². The van der Waals surface area contributed by atoms with Crippen molar-refractivity contribution in [1.29, 1.82) is 0 Å². The Balaban J connectivity index is 2.00. The summed E-state index contributed by atoms with van der Waals surface area (Å²) in [6.07, 6.45) is 0.372. The Hall–Kier alpha value is -2.83. The minimum absolute atomic E-state index is 0.102. The second kappa shape index (κ2) is 6.59. The Morgan fingerprint density at radius 2 is 1.80 bits per heavy atom. The maximum absolute atomic E-state index is 12.8. The summed E-state index contributed by atoms with van der Waals surface area (Å²) in [6, 6.07) is 9.17. The molecule has 128 valence electrons. The van der Waals surface area contributed by atoms with E-state index in [1.807, 2.05) is 37.2 Å². The van der Waals surface area contributed by atoms with Gasteiger partial charge in [-0.1, -0.05) is 12.1 Å². The maximum Gasteiger partial charge on any atom is 0.261 e. The molecule has 3 amide bonds. The maximum atomic E-state index is 12.8. The Kier molecular flexibility index (Phi) is 4.48. The van der Waals surface area contributed by atoms with E-state index in [-0.39, 0.29) is 30.8 Å². The molecule has 2 aromatic carbocycles. The number of nitrogens with one attached hydrogen (secondary N) is 1. The number of anilines is 1. The molecule has 1 N–H and O–H groups in total. The van der Waals surface area contributed by atoms with E-state index in [2.05, 4.69) is 5.32 Å². The normalized spacial score (nSPS) is 13.3. The van der Waals surface area contributed by atoms with Gasteiger partial charge >= 0.3 is 0 Å². The van der Waals surface area contributed by atoms with E-state index >= 15 is 0 Å². The summed E-state index contributed by atoms with van der Waals surface area (Å²) < 4.78 is 0. The van der Waals surface area contributed by atoms with Gasteiger partial charge in [-0.05, 0) is 24.5 Å². The molecule has 25 heavy (non-hydrogen) atoms. The third-order valence-electron chi connectivity index (χ3n) is 4.43. The first-order chi connectivity index (χ1) is 12.0. The van der Waals surface area contributed by atoms with E-state index < -0.39 is 0 Å². The molecule has 0 aromatic heterocycles. The summed E-state index contributed by atoms with van der Waals surface area (Å²) in [5.74, 6) is -0.732. The lowest BCUT2D eigenvalue weighted by Crippen LogP contribution is -2.44. The topological polar surface area (TPSA) is 69.7 Å². The van der Waals surface area contributed by atoms with Crippen molar-refractivity contribution in [2.75, 3.05) is 32.1 Å². The number of imide groups is 1. The highest BCUT2D eigenvalue weighted by Crippen LogP contribution is 2.35. The minimum Gasteiger partial charge on any atom is -0.377 e. The third-order valence-corrected chi connectivity index (χ3v) is 4.43. The van der Waals surface area contributed by atoms with E-state index in [0.29, 0.717) is 22.8 Å². The van der Waals surface area contributed by atoms with Gasteiger partial charge in [0, 0.05) is 54.8 Å². The molecule has 0 saturated carbocycles. The third kappa shape index (κ3) is 2.86. The van der Waals surface area contributed by atoms with E-state index in [4.69, 9.17) is 0 Å². The van der Waals surface area contributed by atoms with E-state index in [1.54, 1.807) is 20.0 Å². The Bertz CT molecular complexity index is 857. The molecule has 2 aromatic rings. The van der Waals surface area contributed by atoms with Crippen LogP contribution in [0.25, 0.3) is 10.8 Å². The predicted molar refractivity (Wildman–Crippen MR) is 100 cm³/mol. The fourth-order valence-electron chi connectivity index (χ4n) is 3.16. The fraction of sp³-hybridized carbons (Fsp3) is 0.278. The zero-order valence-corrected chi connectivity index (χ0v) is 14.6. The Labute approximate surface area is 147 Å². The summed E-state index contributed by atoms with van der Waals surface area (Å²) in [7, 11) is 5.62. The largest absolute Gasteiger partial charge is 0.377 e. The van der Waals surface area contributed by atoms with Crippen molar-refractivity contribution in [3.8, 4) is 0 Å². The molecule has 0 atom stereocenters. The highest BCUT2D eigenvalue weighted by Gasteiger charge is 2.33. The molecule has 1 aliphatic rings. The molecule has 1 aliphatic heterocycles. The van der Waals surface area contributed by atoms with Crippen LogP contribution in [0.4, 0.5) is 5.69 Å². The molecular weight excluding hydrogens is 317 g/mol. The number of benzene rings is 2. The van der Waals surface area contributed by atoms with Crippen molar-refractivity contribution in [2.45, 2.75) is 6.32 Å².